The third-order valence-corrected chi connectivity index (χ3v) is 3.33. The smallest absolute Gasteiger partial charge is 0.364 e. The Kier molecular flexibility index (Phi) is 2.98. The first-order chi connectivity index (χ1) is 9.48. The number of ether oxygens (including phenoxy) is 1. The van der Waals surface area contributed by atoms with E-state index in [0.29, 0.717) is 25.3 Å². The van der Waals surface area contributed by atoms with Gasteiger partial charge in [-0.1, -0.05) is 0 Å². The fourth-order valence-corrected chi connectivity index (χ4v) is 2.55. The van der Waals surface area contributed by atoms with Crippen LogP contribution in [-0.4, -0.2) is 51.2 Å². The van der Waals surface area contributed by atoms with Crippen molar-refractivity contribution in [2.75, 3.05) is 24.5 Å². The Hall–Kier alpha value is -1.93. The van der Waals surface area contributed by atoms with E-state index in [0.717, 1.165) is 5.82 Å². The molecule has 0 aliphatic carbocycles. The molecule has 0 spiro atoms. The molecular formula is C12H18N6O2. The second-order valence-corrected chi connectivity index (χ2v) is 5.61. The third-order valence-electron chi connectivity index (χ3n) is 3.33. The highest BCUT2D eigenvalue weighted by atomic mass is 16.5. The lowest BCUT2D eigenvalue weighted by molar-refractivity contribution is -0.0790. The summed E-state index contributed by atoms with van der Waals surface area (Å²) >= 11 is 0. The van der Waals surface area contributed by atoms with Gasteiger partial charge in [-0.25, -0.2) is 9.89 Å². The van der Waals surface area contributed by atoms with E-state index < -0.39 is 0 Å². The number of nitrogens with zero attached hydrogens (tertiary/aromatic N) is 4. The predicted molar refractivity (Wildman–Crippen MR) is 73.8 cm³/mol. The molecule has 3 heterocycles. The first kappa shape index (κ1) is 13.1. The van der Waals surface area contributed by atoms with Crippen LogP contribution < -0.4 is 16.3 Å². The highest BCUT2D eigenvalue weighted by molar-refractivity contribution is 5.45. The van der Waals surface area contributed by atoms with E-state index in [4.69, 9.17) is 10.5 Å². The van der Waals surface area contributed by atoms with Gasteiger partial charge in [0, 0.05) is 19.6 Å². The van der Waals surface area contributed by atoms with Crippen LogP contribution in [0.5, 0.6) is 0 Å². The molecule has 3 N–H and O–H groups in total. The molecule has 0 aromatic carbocycles. The Labute approximate surface area is 115 Å². The van der Waals surface area contributed by atoms with Crippen LogP contribution in [0.1, 0.15) is 13.8 Å². The number of anilines is 1. The molecule has 1 atom stereocenters. The van der Waals surface area contributed by atoms with E-state index in [2.05, 4.69) is 20.2 Å². The number of rotatable bonds is 2. The van der Waals surface area contributed by atoms with E-state index in [-0.39, 0.29) is 17.4 Å². The number of aromatic amines is 1. The van der Waals surface area contributed by atoms with Gasteiger partial charge in [-0.15, -0.1) is 5.10 Å². The van der Waals surface area contributed by atoms with Crippen molar-refractivity contribution in [2.45, 2.75) is 25.6 Å². The van der Waals surface area contributed by atoms with Gasteiger partial charge >= 0.3 is 5.69 Å². The molecule has 0 saturated carbocycles. The highest BCUT2D eigenvalue weighted by Gasteiger charge is 2.33. The van der Waals surface area contributed by atoms with Gasteiger partial charge in [-0.05, 0) is 26.0 Å². The number of morpholine rings is 1. The lowest BCUT2D eigenvalue weighted by atomic mass is 10.1. The monoisotopic (exact) mass is 278 g/mol. The Morgan fingerprint density at radius 3 is 3.10 bits per heavy atom. The first-order valence-corrected chi connectivity index (χ1v) is 6.56. The molecular weight excluding hydrogens is 260 g/mol. The number of nitrogens with one attached hydrogen (secondary N) is 1. The fourth-order valence-electron chi connectivity index (χ4n) is 2.55. The molecule has 1 aliphatic rings. The van der Waals surface area contributed by atoms with E-state index in [1.54, 1.807) is 6.07 Å². The fraction of sp³-hybridized carbons (Fsp3) is 0.583. The molecule has 3 rings (SSSR count). The zero-order valence-electron chi connectivity index (χ0n) is 11.5. The Morgan fingerprint density at radius 2 is 2.35 bits per heavy atom. The molecule has 0 bridgehead atoms. The van der Waals surface area contributed by atoms with Crippen LogP contribution in [0.4, 0.5) is 5.82 Å². The summed E-state index contributed by atoms with van der Waals surface area (Å²) in [5, 5.41) is 10.6. The van der Waals surface area contributed by atoms with Crippen LogP contribution in [0.15, 0.2) is 16.9 Å². The normalized spacial score (nSPS) is 22.4. The van der Waals surface area contributed by atoms with Crippen molar-refractivity contribution in [3.05, 3.63) is 22.6 Å². The van der Waals surface area contributed by atoms with Crippen LogP contribution >= 0.6 is 0 Å². The molecule has 0 amide bonds. The van der Waals surface area contributed by atoms with Crippen molar-refractivity contribution >= 4 is 11.5 Å². The zero-order chi connectivity index (χ0) is 14.3. The molecule has 1 saturated heterocycles. The van der Waals surface area contributed by atoms with Gasteiger partial charge in [0.2, 0.25) is 0 Å². The number of H-pyrrole nitrogens is 1. The molecule has 108 valence electrons. The van der Waals surface area contributed by atoms with Gasteiger partial charge in [0.15, 0.2) is 5.65 Å². The average Bonchev–Trinajstić information content (AvgIpc) is 2.78. The van der Waals surface area contributed by atoms with E-state index in [1.807, 2.05) is 19.9 Å². The number of hydrogen-bond donors (Lipinski definition) is 2. The molecule has 1 aliphatic heterocycles. The van der Waals surface area contributed by atoms with E-state index in [1.165, 1.54) is 4.52 Å². The maximum Gasteiger partial charge on any atom is 0.364 e. The summed E-state index contributed by atoms with van der Waals surface area (Å²) in [6.45, 7) is 5.84. The van der Waals surface area contributed by atoms with Crippen molar-refractivity contribution in [3.63, 3.8) is 0 Å². The second-order valence-electron chi connectivity index (χ2n) is 5.61. The Morgan fingerprint density at radius 1 is 1.55 bits per heavy atom. The summed E-state index contributed by atoms with van der Waals surface area (Å²) in [6, 6.07) is 3.62. The van der Waals surface area contributed by atoms with Gasteiger partial charge in [-0.3, -0.25) is 0 Å². The van der Waals surface area contributed by atoms with Crippen LogP contribution in [-0.2, 0) is 4.74 Å². The summed E-state index contributed by atoms with van der Waals surface area (Å²) < 4.78 is 7.15. The predicted octanol–water partition coefficient (Wildman–Crippen LogP) is -0.640. The van der Waals surface area contributed by atoms with Crippen molar-refractivity contribution in [3.8, 4) is 0 Å². The minimum atomic E-state index is -0.343. The van der Waals surface area contributed by atoms with Gasteiger partial charge in [0.1, 0.15) is 5.82 Å². The largest absolute Gasteiger partial charge is 0.367 e. The summed E-state index contributed by atoms with van der Waals surface area (Å²) in [7, 11) is 0. The summed E-state index contributed by atoms with van der Waals surface area (Å²) in [6.07, 6.45) is -0.0441. The lowest BCUT2D eigenvalue weighted by Gasteiger charge is -2.42. The average molecular weight is 278 g/mol. The van der Waals surface area contributed by atoms with Gasteiger partial charge < -0.3 is 15.4 Å². The van der Waals surface area contributed by atoms with Crippen LogP contribution in [0, 0.1) is 0 Å². The Bertz CT molecular complexity index is 676. The molecule has 0 radical (unpaired) electrons. The molecule has 1 unspecified atom stereocenters. The first-order valence-electron chi connectivity index (χ1n) is 6.56. The molecule has 8 nitrogen and oxygen atoms in total. The standard InChI is InChI=1S/C12H18N6O2/c1-12(2)7-17(6-8(5-13)20-12)10-4-3-9-14-15-11(19)18(9)16-10/h3-4,8H,5-7,13H2,1-2H3,(H,15,19). The molecule has 1 fully saturated rings. The van der Waals surface area contributed by atoms with Crippen LogP contribution in [0.25, 0.3) is 5.65 Å². The maximum absolute atomic E-state index is 11.6. The van der Waals surface area contributed by atoms with Crippen molar-refractivity contribution < 1.29 is 4.74 Å². The maximum atomic E-state index is 11.6. The van der Waals surface area contributed by atoms with Gasteiger partial charge in [-0.2, -0.15) is 9.61 Å². The van der Waals surface area contributed by atoms with Crippen molar-refractivity contribution in [2.24, 2.45) is 5.73 Å². The summed E-state index contributed by atoms with van der Waals surface area (Å²) in [5.41, 5.74) is 5.57. The summed E-state index contributed by atoms with van der Waals surface area (Å²) in [5.74, 6) is 0.718. The highest BCUT2D eigenvalue weighted by Crippen LogP contribution is 2.24. The molecule has 8 heteroatoms. The van der Waals surface area contributed by atoms with Gasteiger partial charge in [0.25, 0.3) is 0 Å². The van der Waals surface area contributed by atoms with Crippen molar-refractivity contribution in [1.82, 2.24) is 19.8 Å². The number of aromatic nitrogens is 4. The quantitative estimate of drug-likeness (QED) is 0.757. The van der Waals surface area contributed by atoms with E-state index >= 15 is 0 Å². The lowest BCUT2D eigenvalue weighted by Crippen LogP contribution is -2.55. The number of nitrogens with two attached hydrogens (primary N) is 1. The van der Waals surface area contributed by atoms with Crippen molar-refractivity contribution in [1.29, 1.82) is 0 Å². The molecule has 2 aromatic rings. The van der Waals surface area contributed by atoms with Gasteiger partial charge in [0.05, 0.1) is 11.7 Å². The van der Waals surface area contributed by atoms with E-state index in [9.17, 15) is 4.79 Å². The third kappa shape index (κ3) is 2.27. The minimum Gasteiger partial charge on any atom is -0.367 e. The molecule has 20 heavy (non-hydrogen) atoms. The summed E-state index contributed by atoms with van der Waals surface area (Å²) in [4.78, 5) is 13.7. The SMILES string of the molecule is CC1(C)CN(c2ccc3n[nH]c(=O)n3n2)CC(CN)O1. The Balaban J connectivity index is 1.96. The topological polar surface area (TPSA) is 102 Å². The number of hydrogen-bond acceptors (Lipinski definition) is 6. The molecule has 2 aromatic heterocycles. The van der Waals surface area contributed by atoms with Crippen LogP contribution in [0.2, 0.25) is 0 Å². The van der Waals surface area contributed by atoms with Crippen LogP contribution in [0.3, 0.4) is 0 Å². The number of fused-ring (bicyclic) bond motifs is 1. The minimum absolute atomic E-state index is 0.0441. The zero-order valence-corrected chi connectivity index (χ0v) is 11.5. The second kappa shape index (κ2) is 4.57.